The van der Waals surface area contributed by atoms with Crippen LogP contribution in [0.1, 0.15) is 24.6 Å². The molecule has 2 heterocycles. The number of nitriles is 1. The Kier molecular flexibility index (Phi) is 4.00. The second-order valence-corrected chi connectivity index (χ2v) is 6.50. The van der Waals surface area contributed by atoms with Crippen molar-refractivity contribution in [3.8, 4) is 18.4 Å². The third-order valence-corrected chi connectivity index (χ3v) is 5.12. The zero-order chi connectivity index (χ0) is 19.1. The number of esters is 2. The van der Waals surface area contributed by atoms with Gasteiger partial charge in [-0.3, -0.25) is 9.59 Å². The first-order chi connectivity index (χ1) is 12.4. The van der Waals surface area contributed by atoms with Gasteiger partial charge in [-0.1, -0.05) is 24.1 Å². The molecule has 0 bridgehead atoms. The van der Waals surface area contributed by atoms with E-state index in [1.165, 1.54) is 14.2 Å². The minimum absolute atomic E-state index is 0.00838. The number of methoxy groups -OCH3 is 2. The van der Waals surface area contributed by atoms with E-state index in [2.05, 4.69) is 12.0 Å². The van der Waals surface area contributed by atoms with Crippen molar-refractivity contribution in [2.75, 3.05) is 14.2 Å². The molecule has 0 radical (unpaired) electrons. The molecule has 1 aromatic heterocycles. The number of rotatable bonds is 3. The van der Waals surface area contributed by atoms with E-state index < -0.39 is 22.9 Å². The highest BCUT2D eigenvalue weighted by Crippen LogP contribution is 2.51. The monoisotopic (exact) mass is 350 g/mol. The molecule has 1 aliphatic heterocycles. The summed E-state index contributed by atoms with van der Waals surface area (Å²) in [5.41, 5.74) is -0.916. The van der Waals surface area contributed by atoms with E-state index in [1.807, 2.05) is 28.8 Å². The average Bonchev–Trinajstić information content (AvgIpc) is 3.14. The van der Waals surface area contributed by atoms with Gasteiger partial charge < -0.3 is 14.0 Å². The fourth-order valence-electron chi connectivity index (χ4n) is 4.09. The Balaban J connectivity index is 2.55. The van der Waals surface area contributed by atoms with Crippen molar-refractivity contribution < 1.29 is 19.1 Å². The van der Waals surface area contributed by atoms with Crippen molar-refractivity contribution in [2.45, 2.75) is 30.7 Å². The molecule has 3 rings (SSSR count). The Morgan fingerprint density at radius 3 is 2.42 bits per heavy atom. The highest BCUT2D eigenvalue weighted by atomic mass is 16.5. The first-order valence-electron chi connectivity index (χ1n) is 8.06. The van der Waals surface area contributed by atoms with Crippen LogP contribution in [0.5, 0.6) is 0 Å². The molecule has 0 spiro atoms. The van der Waals surface area contributed by atoms with E-state index >= 15 is 0 Å². The molecule has 0 unspecified atom stereocenters. The van der Waals surface area contributed by atoms with Crippen molar-refractivity contribution in [3.63, 3.8) is 0 Å². The Bertz CT molecular complexity index is 989. The first kappa shape index (κ1) is 17.6. The molecule has 0 aliphatic carbocycles. The van der Waals surface area contributed by atoms with Crippen molar-refractivity contribution in [1.82, 2.24) is 4.57 Å². The highest BCUT2D eigenvalue weighted by Gasteiger charge is 2.62. The van der Waals surface area contributed by atoms with Gasteiger partial charge in [0.25, 0.3) is 0 Å². The Hall–Kier alpha value is -3.25. The molecule has 0 saturated carbocycles. The maximum absolute atomic E-state index is 12.8. The molecule has 6 nitrogen and oxygen atoms in total. The van der Waals surface area contributed by atoms with Crippen molar-refractivity contribution in [3.05, 3.63) is 35.5 Å². The van der Waals surface area contributed by atoms with Gasteiger partial charge in [0.1, 0.15) is 5.54 Å². The number of carbonyl (C=O) groups excluding carboxylic acids is 2. The fraction of sp³-hybridized carbons (Fsp3) is 0.350. The smallest absolute Gasteiger partial charge is 0.329 e. The summed E-state index contributed by atoms with van der Waals surface area (Å²) in [6, 6.07) is 9.52. The summed E-state index contributed by atoms with van der Waals surface area (Å²) >= 11 is 0. The molecule has 1 aromatic carbocycles. The van der Waals surface area contributed by atoms with Gasteiger partial charge in [-0.2, -0.15) is 5.26 Å². The van der Waals surface area contributed by atoms with Crippen LogP contribution in [0, 0.1) is 23.7 Å². The number of para-hydroxylation sites is 1. The van der Waals surface area contributed by atoms with Crippen LogP contribution in [0.25, 0.3) is 10.9 Å². The van der Waals surface area contributed by atoms with Gasteiger partial charge >= 0.3 is 11.9 Å². The molecular weight excluding hydrogens is 332 g/mol. The number of benzene rings is 1. The van der Waals surface area contributed by atoms with E-state index in [0.29, 0.717) is 11.3 Å². The number of terminal acetylenes is 1. The lowest BCUT2D eigenvalue weighted by atomic mass is 9.76. The molecule has 1 atom stereocenters. The predicted octanol–water partition coefficient (Wildman–Crippen LogP) is 2.04. The van der Waals surface area contributed by atoms with Crippen molar-refractivity contribution in [2.24, 2.45) is 0 Å². The fourth-order valence-corrected chi connectivity index (χ4v) is 4.09. The number of fused-ring (bicyclic) bond motifs is 3. The van der Waals surface area contributed by atoms with E-state index in [9.17, 15) is 14.9 Å². The molecule has 26 heavy (non-hydrogen) atoms. The molecule has 1 aliphatic rings. The van der Waals surface area contributed by atoms with E-state index in [4.69, 9.17) is 15.9 Å². The summed E-state index contributed by atoms with van der Waals surface area (Å²) < 4.78 is 11.8. The molecule has 132 valence electrons. The maximum atomic E-state index is 12.8. The normalized spacial score (nSPS) is 20.0. The van der Waals surface area contributed by atoms with Crippen LogP contribution >= 0.6 is 0 Å². The summed E-state index contributed by atoms with van der Waals surface area (Å²) in [4.78, 5) is 25.7. The lowest BCUT2D eigenvalue weighted by Crippen LogP contribution is -2.45. The van der Waals surface area contributed by atoms with Gasteiger partial charge in [0.05, 0.1) is 32.4 Å². The Morgan fingerprint density at radius 1 is 1.27 bits per heavy atom. The Morgan fingerprint density at radius 2 is 1.88 bits per heavy atom. The van der Waals surface area contributed by atoms with Crippen LogP contribution in [0.4, 0.5) is 0 Å². The largest absolute Gasteiger partial charge is 0.468 e. The quantitative estimate of drug-likeness (QED) is 0.481. The second kappa shape index (κ2) is 5.93. The molecule has 0 amide bonds. The van der Waals surface area contributed by atoms with Crippen LogP contribution < -0.4 is 0 Å². The number of hydrogen-bond donors (Lipinski definition) is 0. The van der Waals surface area contributed by atoms with Crippen LogP contribution in [0.3, 0.4) is 0 Å². The van der Waals surface area contributed by atoms with Gasteiger partial charge in [-0.05, 0) is 18.6 Å². The van der Waals surface area contributed by atoms with Crippen LogP contribution in [-0.2, 0) is 36.4 Å². The highest BCUT2D eigenvalue weighted by molar-refractivity contribution is 6.09. The number of hydrogen-bond acceptors (Lipinski definition) is 5. The lowest BCUT2D eigenvalue weighted by Gasteiger charge is -2.26. The second-order valence-electron chi connectivity index (χ2n) is 6.50. The van der Waals surface area contributed by atoms with Crippen molar-refractivity contribution >= 4 is 22.8 Å². The van der Waals surface area contributed by atoms with E-state index in [0.717, 1.165) is 10.9 Å². The summed E-state index contributed by atoms with van der Waals surface area (Å²) in [7, 11) is 2.44. The molecule has 6 heteroatoms. The van der Waals surface area contributed by atoms with E-state index in [-0.39, 0.29) is 12.8 Å². The first-order valence-corrected chi connectivity index (χ1v) is 8.06. The van der Waals surface area contributed by atoms with Gasteiger partial charge in [0.2, 0.25) is 5.41 Å². The minimum atomic E-state index is -1.71. The summed E-state index contributed by atoms with van der Waals surface area (Å²) in [6.07, 6.45) is 5.86. The van der Waals surface area contributed by atoms with Gasteiger partial charge in [0.15, 0.2) is 0 Å². The molecule has 0 fully saturated rings. The zero-order valence-electron chi connectivity index (χ0n) is 14.8. The minimum Gasteiger partial charge on any atom is -0.468 e. The van der Waals surface area contributed by atoms with Crippen molar-refractivity contribution in [1.29, 1.82) is 5.26 Å². The SMILES string of the molecule is C#C[C@@]1(C)CC(C(=O)OC)(C(=O)OC)c2c(CC#N)c3ccccc3n21. The topological polar surface area (TPSA) is 81.3 Å². The van der Waals surface area contributed by atoms with Crippen LogP contribution in [0.2, 0.25) is 0 Å². The third kappa shape index (κ3) is 1.99. The van der Waals surface area contributed by atoms with Gasteiger partial charge in [0, 0.05) is 17.3 Å². The molecule has 2 aromatic rings. The number of ether oxygens (including phenoxy) is 2. The van der Waals surface area contributed by atoms with Gasteiger partial charge in [-0.25, -0.2) is 0 Å². The van der Waals surface area contributed by atoms with Crippen LogP contribution in [-0.4, -0.2) is 30.7 Å². The number of carbonyl (C=O) groups is 2. The average molecular weight is 350 g/mol. The molecular formula is C20H18N2O4. The summed E-state index contributed by atoms with van der Waals surface area (Å²) in [6.45, 7) is 1.78. The Labute approximate surface area is 151 Å². The molecule has 0 N–H and O–H groups in total. The maximum Gasteiger partial charge on any atom is 0.329 e. The summed E-state index contributed by atoms with van der Waals surface area (Å²) in [5, 5.41) is 10.1. The molecule has 0 saturated heterocycles. The third-order valence-electron chi connectivity index (χ3n) is 5.12. The zero-order valence-corrected chi connectivity index (χ0v) is 14.8. The van der Waals surface area contributed by atoms with E-state index in [1.54, 1.807) is 6.92 Å². The number of aromatic nitrogens is 1. The predicted molar refractivity (Wildman–Crippen MR) is 94.1 cm³/mol. The standard InChI is InChI=1S/C20H18N2O4/c1-5-19(2)12-20(17(23)25-3,18(24)26-4)16-14(10-11-21)13-8-6-7-9-15(13)22(16)19/h1,6-9H,10,12H2,2-4H3/t19-/m0/s1. The van der Waals surface area contributed by atoms with Gasteiger partial charge in [-0.15, -0.1) is 6.42 Å². The lowest BCUT2D eigenvalue weighted by molar-refractivity contribution is -0.162. The summed E-state index contributed by atoms with van der Waals surface area (Å²) in [5.74, 6) is 1.23. The number of nitrogens with zero attached hydrogens (tertiary/aromatic N) is 2. The van der Waals surface area contributed by atoms with Crippen LogP contribution in [0.15, 0.2) is 24.3 Å².